The van der Waals surface area contributed by atoms with E-state index in [1.54, 1.807) is 9.80 Å². The number of hydrogen-bond acceptors (Lipinski definition) is 6. The van der Waals surface area contributed by atoms with E-state index in [0.717, 1.165) is 43.0 Å². The van der Waals surface area contributed by atoms with Gasteiger partial charge < -0.3 is 36.2 Å². The van der Waals surface area contributed by atoms with E-state index in [4.69, 9.17) is 17.3 Å². The number of nitrogen functional groups attached to an aromatic ring is 1. The largest absolute Gasteiger partial charge is 0.480 e. The lowest BCUT2D eigenvalue weighted by Crippen LogP contribution is -2.57. The van der Waals surface area contributed by atoms with E-state index in [-0.39, 0.29) is 35.0 Å². The van der Waals surface area contributed by atoms with E-state index in [1.165, 1.54) is 6.07 Å². The summed E-state index contributed by atoms with van der Waals surface area (Å²) in [6.45, 7) is 5.38. The van der Waals surface area contributed by atoms with Crippen LogP contribution in [-0.2, 0) is 28.6 Å². The molecule has 300 valence electrons. The Morgan fingerprint density at radius 2 is 1.56 bits per heavy atom. The van der Waals surface area contributed by atoms with Crippen molar-refractivity contribution < 1.29 is 37.5 Å². The van der Waals surface area contributed by atoms with Crippen LogP contribution in [0.3, 0.4) is 0 Å². The van der Waals surface area contributed by atoms with Crippen molar-refractivity contribution in [3.63, 3.8) is 0 Å². The molecule has 55 heavy (non-hydrogen) atoms. The number of carboxylic acids is 1. The third-order valence-corrected chi connectivity index (χ3v) is 12.4. The van der Waals surface area contributed by atoms with Crippen molar-refractivity contribution >= 4 is 46.9 Å². The van der Waals surface area contributed by atoms with Crippen molar-refractivity contribution in [2.24, 2.45) is 11.8 Å². The number of rotatable bonds is 9. The van der Waals surface area contributed by atoms with Gasteiger partial charge in [0.15, 0.2) is 0 Å². The molecule has 4 aliphatic heterocycles. The number of urea groups is 2. The lowest BCUT2D eigenvalue weighted by atomic mass is 9.78. The summed E-state index contributed by atoms with van der Waals surface area (Å²) in [6, 6.07) is 7.45. The van der Waals surface area contributed by atoms with Gasteiger partial charge in [0.05, 0.1) is 16.3 Å². The number of carbonyl (C=O) groups is 4. The lowest BCUT2D eigenvalue weighted by molar-refractivity contribution is -0.144. The Hall–Kier alpha value is -4.24. The predicted molar refractivity (Wildman–Crippen MR) is 203 cm³/mol. The topological polar surface area (TPSA) is 152 Å². The molecule has 6 rings (SSSR count). The Morgan fingerprint density at radius 1 is 0.945 bits per heavy atom. The molecule has 12 nitrogen and oxygen atoms in total. The van der Waals surface area contributed by atoms with Crippen LogP contribution in [0.25, 0.3) is 0 Å². The quantitative estimate of drug-likeness (QED) is 0.230. The van der Waals surface area contributed by atoms with Crippen LogP contribution in [0.4, 0.5) is 34.1 Å². The second kappa shape index (κ2) is 17.3. The lowest BCUT2D eigenvalue weighted by Gasteiger charge is -2.42. The molecule has 5 N–H and O–H groups in total. The highest BCUT2D eigenvalue weighted by molar-refractivity contribution is 6.33. The zero-order valence-corrected chi connectivity index (χ0v) is 31.9. The Bertz CT molecular complexity index is 1720. The van der Waals surface area contributed by atoms with Crippen LogP contribution < -0.4 is 16.4 Å². The minimum Gasteiger partial charge on any atom is -0.480 e. The maximum absolute atomic E-state index is 14.2. The number of alkyl halides is 3. The minimum atomic E-state index is -4.77. The second-order valence-electron chi connectivity index (χ2n) is 15.3. The molecule has 2 aromatic rings. The Labute approximate surface area is 324 Å². The van der Waals surface area contributed by atoms with Crippen LogP contribution in [0.5, 0.6) is 0 Å². The van der Waals surface area contributed by atoms with Crippen LogP contribution in [0, 0.1) is 11.8 Å². The molecule has 2 atom stereocenters. The number of nitrogens with two attached hydrogens (primary N) is 1. The van der Waals surface area contributed by atoms with Gasteiger partial charge in [-0.1, -0.05) is 36.7 Å². The van der Waals surface area contributed by atoms with Crippen LogP contribution in [0.2, 0.25) is 5.02 Å². The zero-order chi connectivity index (χ0) is 39.4. The number of nitrogens with one attached hydrogen (secondary N) is 2. The number of amides is 5. The average Bonchev–Trinajstić information content (AvgIpc) is 3.33. The fourth-order valence-corrected chi connectivity index (χ4v) is 9.17. The van der Waals surface area contributed by atoms with Gasteiger partial charge >= 0.3 is 24.2 Å². The molecule has 0 aliphatic carbocycles. The number of halogens is 4. The molecule has 0 bridgehead atoms. The van der Waals surface area contributed by atoms with E-state index >= 15 is 0 Å². The normalized spacial score (nSPS) is 20.7. The van der Waals surface area contributed by atoms with Crippen LogP contribution in [-0.4, -0.2) is 113 Å². The number of benzene rings is 2. The SMILES string of the molecule is CCC(C(=O)O)N1CCC(C2CCN(C(=O)C(Cc3cc(Cl)c(N)c(C(F)(F)F)c3)NC(=O)N3CCC(N4CCc5ccccc5NC4=O)CC3)CC2)CC1. The molecule has 2 aromatic carbocycles. The van der Waals surface area contributed by atoms with Crippen molar-refractivity contribution in [1.29, 1.82) is 0 Å². The number of carbonyl (C=O) groups excluding carboxylic acids is 3. The van der Waals surface area contributed by atoms with Crippen molar-refractivity contribution in [3.8, 4) is 0 Å². The van der Waals surface area contributed by atoms with Crippen molar-refractivity contribution in [2.45, 2.75) is 89.0 Å². The molecule has 0 radical (unpaired) electrons. The first-order valence-corrected chi connectivity index (χ1v) is 19.7. The van der Waals surface area contributed by atoms with Crippen molar-refractivity contribution in [3.05, 3.63) is 58.1 Å². The number of hydrogen-bond donors (Lipinski definition) is 4. The van der Waals surface area contributed by atoms with Gasteiger partial charge in [-0.15, -0.1) is 0 Å². The van der Waals surface area contributed by atoms with Crippen LogP contribution >= 0.6 is 11.6 Å². The number of aliphatic carboxylic acids is 1. The number of fused-ring (bicyclic) bond motifs is 1. The monoisotopic (exact) mass is 789 g/mol. The van der Waals surface area contributed by atoms with Gasteiger partial charge in [-0.25, -0.2) is 9.59 Å². The van der Waals surface area contributed by atoms with E-state index in [9.17, 15) is 37.5 Å². The van der Waals surface area contributed by atoms with Gasteiger partial charge in [-0.3, -0.25) is 14.5 Å². The van der Waals surface area contributed by atoms with E-state index in [1.807, 2.05) is 41.0 Å². The smallest absolute Gasteiger partial charge is 0.418 e. The van der Waals surface area contributed by atoms with Crippen LogP contribution in [0.1, 0.15) is 68.6 Å². The maximum Gasteiger partial charge on any atom is 0.418 e. The first kappa shape index (κ1) is 40.4. The number of para-hydroxylation sites is 1. The minimum absolute atomic E-state index is 0.0905. The molecule has 0 spiro atoms. The predicted octanol–water partition coefficient (Wildman–Crippen LogP) is 5.93. The fraction of sp³-hybridized carbons (Fsp3) is 0.590. The number of piperidine rings is 3. The van der Waals surface area contributed by atoms with Crippen LogP contribution in [0.15, 0.2) is 36.4 Å². The average molecular weight is 790 g/mol. The molecule has 2 unspecified atom stereocenters. The number of anilines is 2. The second-order valence-corrected chi connectivity index (χ2v) is 15.7. The highest BCUT2D eigenvalue weighted by atomic mass is 35.5. The standard InChI is InChI=1S/C39H51ClF3N7O5/c1-2-33(36(52)53)47-14-7-25(8-15-47)26-9-16-48(17-10-26)35(51)32(23-24-21-29(39(41,42)43)34(44)30(40)22-24)46-37(54)49-18-12-28(13-19-49)50-20-11-27-5-3-4-6-31(27)45-38(50)55/h3-6,21-22,25-26,28,32-33H,2,7-20,23,44H2,1H3,(H,45,55)(H,46,54)(H,52,53). The van der Waals surface area contributed by atoms with Crippen molar-refractivity contribution in [1.82, 2.24) is 24.9 Å². The van der Waals surface area contributed by atoms with E-state index in [0.29, 0.717) is 83.3 Å². The molecular formula is C39H51ClF3N7O5. The third-order valence-electron chi connectivity index (χ3n) is 12.1. The number of carboxylic acid groups (broad SMARTS) is 1. The summed E-state index contributed by atoms with van der Waals surface area (Å²) in [5.74, 6) is -0.419. The Balaban J connectivity index is 1.10. The fourth-order valence-electron chi connectivity index (χ4n) is 8.92. The maximum atomic E-state index is 14.2. The number of nitrogens with zero attached hydrogens (tertiary/aromatic N) is 4. The Morgan fingerprint density at radius 3 is 2.18 bits per heavy atom. The molecular weight excluding hydrogens is 739 g/mol. The van der Waals surface area contributed by atoms with Gasteiger partial charge in [0.2, 0.25) is 5.91 Å². The number of likely N-dealkylation sites (tertiary alicyclic amines) is 3. The highest BCUT2D eigenvalue weighted by Crippen LogP contribution is 2.38. The van der Waals surface area contributed by atoms with E-state index < -0.39 is 41.5 Å². The first-order valence-electron chi connectivity index (χ1n) is 19.3. The molecule has 4 heterocycles. The first-order chi connectivity index (χ1) is 26.2. The van der Waals surface area contributed by atoms with Gasteiger partial charge in [0, 0.05) is 50.9 Å². The molecule has 3 saturated heterocycles. The molecule has 16 heteroatoms. The molecule has 5 amide bonds. The van der Waals surface area contributed by atoms with Crippen molar-refractivity contribution in [2.75, 3.05) is 56.9 Å². The molecule has 4 aliphatic rings. The van der Waals surface area contributed by atoms with E-state index in [2.05, 4.69) is 10.6 Å². The summed E-state index contributed by atoms with van der Waals surface area (Å²) in [7, 11) is 0. The molecule has 3 fully saturated rings. The highest BCUT2D eigenvalue weighted by Gasteiger charge is 2.38. The summed E-state index contributed by atoms with van der Waals surface area (Å²) in [5.41, 5.74) is 5.95. The summed E-state index contributed by atoms with van der Waals surface area (Å²) < 4.78 is 41.7. The summed E-state index contributed by atoms with van der Waals surface area (Å²) >= 11 is 6.15. The zero-order valence-electron chi connectivity index (χ0n) is 31.1. The molecule has 0 saturated carbocycles. The van der Waals surface area contributed by atoms with Gasteiger partial charge in [0.1, 0.15) is 12.1 Å². The summed E-state index contributed by atoms with van der Waals surface area (Å²) in [4.78, 5) is 59.8. The molecule has 0 aromatic heterocycles. The van der Waals surface area contributed by atoms with Gasteiger partial charge in [-0.05, 0) is 106 Å². The Kier molecular flexibility index (Phi) is 12.7. The summed E-state index contributed by atoms with van der Waals surface area (Å²) in [6.07, 6.45) is 0.549. The summed E-state index contributed by atoms with van der Waals surface area (Å²) in [5, 5.41) is 15.1. The third kappa shape index (κ3) is 9.42. The van der Waals surface area contributed by atoms with Gasteiger partial charge in [0.25, 0.3) is 0 Å². The van der Waals surface area contributed by atoms with Gasteiger partial charge in [-0.2, -0.15) is 13.2 Å².